The van der Waals surface area contributed by atoms with Crippen LogP contribution in [0.4, 0.5) is 0 Å². The minimum atomic E-state index is -0.0326. The van der Waals surface area contributed by atoms with Crippen LogP contribution < -0.4 is 5.56 Å². The molecule has 0 radical (unpaired) electrons. The molecule has 3 rings (SSSR count). The van der Waals surface area contributed by atoms with Crippen LogP contribution in [-0.4, -0.2) is 28.0 Å². The predicted octanol–water partition coefficient (Wildman–Crippen LogP) is 4.52. The molecule has 0 saturated carbocycles. The van der Waals surface area contributed by atoms with Crippen molar-refractivity contribution in [2.24, 2.45) is 0 Å². The van der Waals surface area contributed by atoms with Crippen molar-refractivity contribution in [1.29, 1.82) is 0 Å². The number of benzene rings is 2. The molecule has 0 aliphatic carbocycles. The van der Waals surface area contributed by atoms with Gasteiger partial charge >= 0.3 is 0 Å². The molecule has 0 amide bonds. The zero-order valence-electron chi connectivity index (χ0n) is 15.7. The molecular weight excluding hydrogens is 344 g/mol. The summed E-state index contributed by atoms with van der Waals surface area (Å²) in [5, 5.41) is 1.34. The summed E-state index contributed by atoms with van der Waals surface area (Å²) < 4.78 is 7.36. The van der Waals surface area contributed by atoms with E-state index in [4.69, 9.17) is 9.72 Å². The average molecular weight is 369 g/mol. The van der Waals surface area contributed by atoms with Gasteiger partial charge in [-0.1, -0.05) is 41.6 Å². The summed E-state index contributed by atoms with van der Waals surface area (Å²) in [5.74, 6) is 0.744. The Balaban J connectivity index is 2.10. The van der Waals surface area contributed by atoms with Crippen LogP contribution in [0.2, 0.25) is 0 Å². The summed E-state index contributed by atoms with van der Waals surface area (Å²) in [4.78, 5) is 18.0. The molecule has 0 aliphatic heterocycles. The van der Waals surface area contributed by atoms with E-state index >= 15 is 0 Å². The first-order valence-corrected chi connectivity index (χ1v) is 9.80. The Bertz CT molecular complexity index is 979. The van der Waals surface area contributed by atoms with Crippen LogP contribution in [0.1, 0.15) is 25.0 Å². The highest BCUT2D eigenvalue weighted by Gasteiger charge is 2.14. The molecule has 26 heavy (non-hydrogen) atoms. The van der Waals surface area contributed by atoms with Crippen LogP contribution in [0.15, 0.2) is 52.4 Å². The number of fused-ring (bicyclic) bond motifs is 1. The molecular formula is C21H24N2O2S. The van der Waals surface area contributed by atoms with Crippen LogP contribution in [0.25, 0.3) is 16.6 Å². The summed E-state index contributed by atoms with van der Waals surface area (Å²) in [6, 6.07) is 13.6. The number of hydrogen-bond acceptors (Lipinski definition) is 4. The van der Waals surface area contributed by atoms with E-state index in [9.17, 15) is 4.79 Å². The van der Waals surface area contributed by atoms with Crippen LogP contribution in [0.5, 0.6) is 0 Å². The third-order valence-corrected chi connectivity index (χ3v) is 5.01. The number of nitrogens with zero attached hydrogens (tertiary/aromatic N) is 2. The molecule has 0 unspecified atom stereocenters. The Morgan fingerprint density at radius 3 is 2.65 bits per heavy atom. The van der Waals surface area contributed by atoms with Gasteiger partial charge in [0.2, 0.25) is 0 Å². The summed E-state index contributed by atoms with van der Waals surface area (Å²) in [6.45, 7) is 8.74. The first-order valence-electron chi connectivity index (χ1n) is 8.81. The van der Waals surface area contributed by atoms with E-state index in [1.54, 1.807) is 16.3 Å². The highest BCUT2D eigenvalue weighted by molar-refractivity contribution is 7.99. The van der Waals surface area contributed by atoms with Gasteiger partial charge < -0.3 is 4.74 Å². The van der Waals surface area contributed by atoms with Crippen molar-refractivity contribution in [1.82, 2.24) is 9.55 Å². The maximum atomic E-state index is 13.2. The molecule has 0 atom stereocenters. The molecule has 0 N–H and O–H groups in total. The van der Waals surface area contributed by atoms with E-state index in [-0.39, 0.29) is 11.7 Å². The van der Waals surface area contributed by atoms with E-state index in [1.807, 2.05) is 57.2 Å². The SMILES string of the molecule is Cc1ccc(-n2c(SCCOC(C)C)nc3ccccc3c2=O)c(C)c1. The molecule has 5 heteroatoms. The number of rotatable bonds is 6. The van der Waals surface area contributed by atoms with Gasteiger partial charge in [0.05, 0.1) is 29.3 Å². The van der Waals surface area contributed by atoms with Gasteiger partial charge in [0.1, 0.15) is 0 Å². The van der Waals surface area contributed by atoms with Gasteiger partial charge in [0.15, 0.2) is 5.16 Å². The molecule has 0 spiro atoms. The minimum Gasteiger partial charge on any atom is -0.378 e. The quantitative estimate of drug-likeness (QED) is 0.364. The van der Waals surface area contributed by atoms with Crippen LogP contribution in [-0.2, 0) is 4.74 Å². The first kappa shape index (κ1) is 18.7. The second kappa shape index (κ2) is 8.06. The van der Waals surface area contributed by atoms with E-state index in [0.29, 0.717) is 17.1 Å². The molecule has 3 aromatic rings. The van der Waals surface area contributed by atoms with Crippen molar-refractivity contribution < 1.29 is 4.74 Å². The first-order chi connectivity index (χ1) is 12.5. The standard InChI is InChI=1S/C21H24N2O2S/c1-14(2)25-11-12-26-21-22-18-8-6-5-7-17(18)20(24)23(21)19-10-9-15(3)13-16(19)4/h5-10,13-14H,11-12H2,1-4H3. The van der Waals surface area contributed by atoms with Crippen molar-refractivity contribution >= 4 is 22.7 Å². The third-order valence-electron chi connectivity index (χ3n) is 4.10. The van der Waals surface area contributed by atoms with Gasteiger partial charge in [-0.25, -0.2) is 4.98 Å². The summed E-state index contributed by atoms with van der Waals surface area (Å²) in [6.07, 6.45) is 0.196. The van der Waals surface area contributed by atoms with Crippen molar-refractivity contribution in [2.45, 2.75) is 39.0 Å². The van der Waals surface area contributed by atoms with E-state index in [1.165, 1.54) is 5.56 Å². The Hall–Kier alpha value is -2.11. The summed E-state index contributed by atoms with van der Waals surface area (Å²) in [5.41, 5.74) is 3.81. The fourth-order valence-corrected chi connectivity index (χ4v) is 3.73. The molecule has 1 aromatic heterocycles. The van der Waals surface area contributed by atoms with Gasteiger partial charge in [0.25, 0.3) is 5.56 Å². The van der Waals surface area contributed by atoms with Crippen molar-refractivity contribution in [3.8, 4) is 5.69 Å². The number of thioether (sulfide) groups is 1. The fourth-order valence-electron chi connectivity index (χ4n) is 2.89. The van der Waals surface area contributed by atoms with Gasteiger partial charge in [-0.05, 0) is 51.5 Å². The fraction of sp³-hybridized carbons (Fsp3) is 0.333. The largest absolute Gasteiger partial charge is 0.378 e. The minimum absolute atomic E-state index is 0.0326. The van der Waals surface area contributed by atoms with Crippen LogP contribution in [0.3, 0.4) is 0 Å². The zero-order valence-corrected chi connectivity index (χ0v) is 16.5. The van der Waals surface area contributed by atoms with E-state index in [2.05, 4.69) is 13.0 Å². The molecule has 0 fully saturated rings. The molecule has 0 bridgehead atoms. The Labute approximate surface area is 158 Å². The smallest absolute Gasteiger partial charge is 0.266 e. The monoisotopic (exact) mass is 368 g/mol. The Morgan fingerprint density at radius 2 is 1.92 bits per heavy atom. The highest BCUT2D eigenvalue weighted by Crippen LogP contribution is 2.23. The maximum Gasteiger partial charge on any atom is 0.266 e. The highest BCUT2D eigenvalue weighted by atomic mass is 32.2. The lowest BCUT2D eigenvalue weighted by molar-refractivity contribution is 0.0920. The van der Waals surface area contributed by atoms with Crippen molar-refractivity contribution in [2.75, 3.05) is 12.4 Å². The lowest BCUT2D eigenvalue weighted by atomic mass is 10.1. The zero-order chi connectivity index (χ0) is 18.7. The van der Waals surface area contributed by atoms with E-state index < -0.39 is 0 Å². The topological polar surface area (TPSA) is 44.1 Å². The number of aromatic nitrogens is 2. The van der Waals surface area contributed by atoms with Gasteiger partial charge in [-0.3, -0.25) is 9.36 Å². The summed E-state index contributed by atoms with van der Waals surface area (Å²) in [7, 11) is 0. The van der Waals surface area contributed by atoms with Crippen LogP contribution >= 0.6 is 11.8 Å². The normalized spacial score (nSPS) is 11.4. The van der Waals surface area contributed by atoms with Crippen LogP contribution in [0, 0.1) is 13.8 Å². The molecule has 0 aliphatic rings. The molecule has 1 heterocycles. The molecule has 4 nitrogen and oxygen atoms in total. The number of ether oxygens (including phenoxy) is 1. The van der Waals surface area contributed by atoms with Crippen molar-refractivity contribution in [3.05, 3.63) is 63.9 Å². The third kappa shape index (κ3) is 4.00. The summed E-state index contributed by atoms with van der Waals surface area (Å²) >= 11 is 1.55. The number of hydrogen-bond donors (Lipinski definition) is 0. The second-order valence-electron chi connectivity index (χ2n) is 6.61. The van der Waals surface area contributed by atoms with Gasteiger partial charge in [-0.15, -0.1) is 0 Å². The molecule has 2 aromatic carbocycles. The lowest BCUT2D eigenvalue weighted by Gasteiger charge is -2.16. The average Bonchev–Trinajstić information content (AvgIpc) is 2.60. The predicted molar refractivity (Wildman–Crippen MR) is 109 cm³/mol. The Morgan fingerprint density at radius 1 is 1.15 bits per heavy atom. The van der Waals surface area contributed by atoms with E-state index in [0.717, 1.165) is 22.5 Å². The molecule has 136 valence electrons. The number of aryl methyl sites for hydroxylation is 2. The van der Waals surface area contributed by atoms with Gasteiger partial charge in [0, 0.05) is 5.75 Å². The number of para-hydroxylation sites is 1. The Kier molecular flexibility index (Phi) is 5.79. The molecule has 0 saturated heterocycles. The maximum absolute atomic E-state index is 13.2. The second-order valence-corrected chi connectivity index (χ2v) is 7.67. The lowest BCUT2D eigenvalue weighted by Crippen LogP contribution is -2.23. The van der Waals surface area contributed by atoms with Crippen molar-refractivity contribution in [3.63, 3.8) is 0 Å². The van der Waals surface area contributed by atoms with Gasteiger partial charge in [-0.2, -0.15) is 0 Å².